The number of hydrogen-bond donors (Lipinski definition) is 2. The fraction of sp³-hybridized carbons (Fsp3) is 0.150. The van der Waals surface area contributed by atoms with Gasteiger partial charge in [0.25, 0.3) is 5.91 Å². The van der Waals surface area contributed by atoms with Crippen LogP contribution in [0.1, 0.15) is 27.2 Å². The molecule has 5 nitrogen and oxygen atoms in total. The molecule has 26 heavy (non-hydrogen) atoms. The molecule has 0 aliphatic rings. The van der Waals surface area contributed by atoms with E-state index in [1.54, 1.807) is 18.2 Å². The summed E-state index contributed by atoms with van der Waals surface area (Å²) in [5, 5.41) is 5.95. The monoisotopic (exact) mass is 350 g/mol. The number of nitrogens with one attached hydrogen (secondary N) is 2. The molecule has 1 heterocycles. The van der Waals surface area contributed by atoms with Gasteiger partial charge < -0.3 is 10.6 Å². The summed E-state index contributed by atoms with van der Waals surface area (Å²) in [6.45, 7) is 2.92. The Morgan fingerprint density at radius 3 is 2.35 bits per heavy atom. The fourth-order valence-corrected chi connectivity index (χ4v) is 2.35. The molecule has 1 aromatic heterocycles. The summed E-state index contributed by atoms with van der Waals surface area (Å²) < 4.78 is 12.9. The van der Waals surface area contributed by atoms with Crippen LogP contribution in [0.25, 0.3) is 0 Å². The quantitative estimate of drug-likeness (QED) is 0.714. The Labute approximate surface area is 151 Å². The van der Waals surface area contributed by atoms with Gasteiger partial charge >= 0.3 is 0 Å². The van der Waals surface area contributed by atoms with Crippen molar-refractivity contribution < 1.29 is 9.18 Å². The van der Waals surface area contributed by atoms with Gasteiger partial charge in [-0.1, -0.05) is 42.0 Å². The fourth-order valence-electron chi connectivity index (χ4n) is 2.35. The molecule has 3 aromatic rings. The second kappa shape index (κ2) is 8.20. The summed E-state index contributed by atoms with van der Waals surface area (Å²) in [5.41, 5.74) is 3.39. The molecule has 0 unspecified atom stereocenters. The molecule has 132 valence electrons. The molecule has 0 atom stereocenters. The van der Waals surface area contributed by atoms with Crippen molar-refractivity contribution in [2.45, 2.75) is 20.0 Å². The largest absolute Gasteiger partial charge is 0.366 e. The van der Waals surface area contributed by atoms with Gasteiger partial charge in [0.1, 0.15) is 23.7 Å². The zero-order chi connectivity index (χ0) is 18.4. The lowest BCUT2D eigenvalue weighted by Gasteiger charge is -2.08. The topological polar surface area (TPSA) is 66.9 Å². The molecule has 3 rings (SSSR count). The smallest absolute Gasteiger partial charge is 0.270 e. The Morgan fingerprint density at radius 1 is 0.962 bits per heavy atom. The van der Waals surface area contributed by atoms with E-state index in [1.165, 1.54) is 24.0 Å². The van der Waals surface area contributed by atoms with Gasteiger partial charge in [-0.05, 0) is 30.2 Å². The third-order valence-electron chi connectivity index (χ3n) is 3.86. The van der Waals surface area contributed by atoms with Crippen molar-refractivity contribution in [3.8, 4) is 0 Å². The van der Waals surface area contributed by atoms with E-state index in [2.05, 4.69) is 20.6 Å². The van der Waals surface area contributed by atoms with Crippen LogP contribution in [0.3, 0.4) is 0 Å². The van der Waals surface area contributed by atoms with Crippen molar-refractivity contribution in [2.75, 3.05) is 5.32 Å². The Bertz CT molecular complexity index is 879. The molecule has 6 heteroatoms. The summed E-state index contributed by atoms with van der Waals surface area (Å²) in [6.07, 6.45) is 1.34. The number of carbonyl (C=O) groups excluding carboxylic acids is 1. The number of nitrogens with zero attached hydrogens (tertiary/aromatic N) is 2. The molecule has 2 aromatic carbocycles. The van der Waals surface area contributed by atoms with E-state index in [9.17, 15) is 9.18 Å². The standard InChI is InChI=1S/C20H19FN4O/c1-14-2-4-15(5-3-14)12-23-20(26)18-10-19(25-13-24-18)22-11-16-6-8-17(21)9-7-16/h2-10,13H,11-12H2,1H3,(H,23,26)(H,22,24,25). The van der Waals surface area contributed by atoms with E-state index in [-0.39, 0.29) is 17.4 Å². The number of aromatic nitrogens is 2. The van der Waals surface area contributed by atoms with Gasteiger partial charge in [-0.2, -0.15) is 0 Å². The van der Waals surface area contributed by atoms with Crippen molar-refractivity contribution in [3.63, 3.8) is 0 Å². The highest BCUT2D eigenvalue weighted by molar-refractivity contribution is 5.92. The molecule has 0 bridgehead atoms. The number of anilines is 1. The van der Waals surface area contributed by atoms with Crippen LogP contribution >= 0.6 is 0 Å². The van der Waals surface area contributed by atoms with Crippen LogP contribution < -0.4 is 10.6 Å². The highest BCUT2D eigenvalue weighted by Gasteiger charge is 2.08. The van der Waals surface area contributed by atoms with Crippen LogP contribution in [-0.4, -0.2) is 15.9 Å². The minimum Gasteiger partial charge on any atom is -0.366 e. The Morgan fingerprint density at radius 2 is 1.62 bits per heavy atom. The zero-order valence-corrected chi connectivity index (χ0v) is 14.4. The summed E-state index contributed by atoms with van der Waals surface area (Å²) in [6, 6.07) is 15.7. The number of benzene rings is 2. The lowest BCUT2D eigenvalue weighted by molar-refractivity contribution is 0.0946. The maximum Gasteiger partial charge on any atom is 0.270 e. The first-order valence-corrected chi connectivity index (χ1v) is 8.24. The summed E-state index contributed by atoms with van der Waals surface area (Å²) >= 11 is 0. The lowest BCUT2D eigenvalue weighted by Crippen LogP contribution is -2.24. The van der Waals surface area contributed by atoms with Gasteiger partial charge in [0.05, 0.1) is 0 Å². The number of halogens is 1. The number of amides is 1. The van der Waals surface area contributed by atoms with Crippen LogP contribution in [0, 0.1) is 12.7 Å². The molecule has 0 spiro atoms. The normalized spacial score (nSPS) is 10.4. The summed E-state index contributed by atoms with van der Waals surface area (Å²) in [7, 11) is 0. The Kier molecular flexibility index (Phi) is 5.53. The molecule has 0 aliphatic heterocycles. The minimum atomic E-state index is -0.275. The number of hydrogen-bond acceptors (Lipinski definition) is 4. The second-order valence-corrected chi connectivity index (χ2v) is 5.94. The molecule has 0 fully saturated rings. The molecule has 0 aliphatic carbocycles. The molecule has 0 saturated carbocycles. The summed E-state index contributed by atoms with van der Waals surface area (Å²) in [4.78, 5) is 20.4. The number of aryl methyl sites for hydroxylation is 1. The maximum atomic E-state index is 12.9. The number of rotatable bonds is 6. The SMILES string of the molecule is Cc1ccc(CNC(=O)c2cc(NCc3ccc(F)cc3)ncn2)cc1. The molecule has 0 radical (unpaired) electrons. The lowest BCUT2D eigenvalue weighted by atomic mass is 10.1. The van der Waals surface area contributed by atoms with Gasteiger partial charge in [-0.3, -0.25) is 4.79 Å². The van der Waals surface area contributed by atoms with Crippen LogP contribution in [0.5, 0.6) is 0 Å². The van der Waals surface area contributed by atoms with E-state index in [0.29, 0.717) is 18.9 Å². The van der Waals surface area contributed by atoms with Crippen molar-refractivity contribution in [2.24, 2.45) is 0 Å². The minimum absolute atomic E-state index is 0.266. The van der Waals surface area contributed by atoms with Crippen molar-refractivity contribution >= 4 is 11.7 Å². The van der Waals surface area contributed by atoms with E-state index in [1.807, 2.05) is 31.2 Å². The van der Waals surface area contributed by atoms with Gasteiger partial charge in [-0.25, -0.2) is 14.4 Å². The first-order chi connectivity index (χ1) is 12.6. The number of carbonyl (C=O) groups is 1. The molecule has 1 amide bonds. The molecular formula is C20H19FN4O. The highest BCUT2D eigenvalue weighted by atomic mass is 19.1. The van der Waals surface area contributed by atoms with Crippen molar-refractivity contribution in [1.29, 1.82) is 0 Å². The van der Waals surface area contributed by atoms with Crippen molar-refractivity contribution in [1.82, 2.24) is 15.3 Å². The van der Waals surface area contributed by atoms with Gasteiger partial charge in [0, 0.05) is 19.2 Å². The van der Waals surface area contributed by atoms with E-state index in [4.69, 9.17) is 0 Å². The highest BCUT2D eigenvalue weighted by Crippen LogP contribution is 2.09. The predicted octanol–water partition coefficient (Wildman–Crippen LogP) is 3.47. The van der Waals surface area contributed by atoms with Gasteiger partial charge in [0.2, 0.25) is 0 Å². The first-order valence-electron chi connectivity index (χ1n) is 8.24. The van der Waals surface area contributed by atoms with E-state index >= 15 is 0 Å². The Hall–Kier alpha value is -3.28. The molecule has 0 saturated heterocycles. The van der Waals surface area contributed by atoms with Gasteiger partial charge in [0.15, 0.2) is 0 Å². The van der Waals surface area contributed by atoms with Gasteiger partial charge in [-0.15, -0.1) is 0 Å². The average Bonchev–Trinajstić information content (AvgIpc) is 2.67. The predicted molar refractivity (Wildman–Crippen MR) is 98.1 cm³/mol. The summed E-state index contributed by atoms with van der Waals surface area (Å²) in [5.74, 6) is -0.00839. The van der Waals surface area contributed by atoms with Crippen LogP contribution in [0.4, 0.5) is 10.2 Å². The first kappa shape index (κ1) is 17.5. The average molecular weight is 350 g/mol. The maximum absolute atomic E-state index is 12.9. The molecule has 2 N–H and O–H groups in total. The van der Waals surface area contributed by atoms with E-state index < -0.39 is 0 Å². The van der Waals surface area contributed by atoms with Crippen LogP contribution in [-0.2, 0) is 13.1 Å². The third kappa shape index (κ3) is 4.86. The van der Waals surface area contributed by atoms with Crippen LogP contribution in [0.2, 0.25) is 0 Å². The second-order valence-electron chi connectivity index (χ2n) is 5.94. The Balaban J connectivity index is 1.58. The molecular weight excluding hydrogens is 331 g/mol. The van der Waals surface area contributed by atoms with Crippen LogP contribution in [0.15, 0.2) is 60.9 Å². The van der Waals surface area contributed by atoms with E-state index in [0.717, 1.165) is 11.1 Å². The van der Waals surface area contributed by atoms with Crippen molar-refractivity contribution in [3.05, 3.63) is 89.1 Å². The zero-order valence-electron chi connectivity index (χ0n) is 14.4. The third-order valence-corrected chi connectivity index (χ3v) is 3.86.